The molecule has 0 bridgehead atoms. The third-order valence-corrected chi connectivity index (χ3v) is 6.28. The number of aliphatic hydroxyl groups is 1. The number of halogens is 2. The van der Waals surface area contributed by atoms with Gasteiger partial charge in [-0.3, -0.25) is 0 Å². The molecule has 19 heavy (non-hydrogen) atoms. The minimum atomic E-state index is -0.518. The lowest BCUT2D eigenvalue weighted by molar-refractivity contribution is 0.219. The molecule has 2 aromatic rings. The van der Waals surface area contributed by atoms with Crippen molar-refractivity contribution in [3.05, 3.63) is 70.8 Å². The first kappa shape index (κ1) is 12.1. The highest BCUT2D eigenvalue weighted by Gasteiger charge is 2.65. The number of hydrogen-bond acceptors (Lipinski definition) is 1. The van der Waals surface area contributed by atoms with Crippen molar-refractivity contribution in [2.24, 2.45) is 0 Å². The van der Waals surface area contributed by atoms with E-state index in [4.69, 9.17) is 0 Å². The molecule has 1 fully saturated rings. The Kier molecular flexibility index (Phi) is 2.51. The van der Waals surface area contributed by atoms with E-state index >= 15 is 0 Å². The summed E-state index contributed by atoms with van der Waals surface area (Å²) < 4.78 is -0.0770. The van der Waals surface area contributed by atoms with E-state index in [2.05, 4.69) is 44.0 Å². The molecule has 1 N–H and O–H groups in total. The molecule has 0 heterocycles. The Morgan fingerprint density at radius 2 is 1.11 bits per heavy atom. The zero-order valence-electron chi connectivity index (χ0n) is 10.1. The second-order valence-electron chi connectivity index (χ2n) is 5.29. The molecule has 2 aromatic carbocycles. The average Bonchev–Trinajstić information content (AvgIpc) is 3.02. The van der Waals surface area contributed by atoms with Crippen LogP contribution >= 0.6 is 31.9 Å². The van der Waals surface area contributed by atoms with Gasteiger partial charge in [0.05, 0.1) is 3.23 Å². The molecule has 0 amide bonds. The lowest BCUT2D eigenvalue weighted by atomic mass is 9.95. The lowest BCUT2D eigenvalue weighted by Crippen LogP contribution is -2.06. The zero-order chi connectivity index (χ0) is 13.2. The molecule has 2 aliphatic rings. The topological polar surface area (TPSA) is 20.2 Å². The van der Waals surface area contributed by atoms with E-state index in [0.717, 1.165) is 11.1 Å². The Bertz CT molecular complexity index is 610. The van der Waals surface area contributed by atoms with Crippen molar-refractivity contribution in [1.82, 2.24) is 0 Å². The molecule has 2 aliphatic carbocycles. The van der Waals surface area contributed by atoms with E-state index in [1.54, 1.807) is 0 Å². The first-order valence-corrected chi connectivity index (χ1v) is 7.94. The van der Waals surface area contributed by atoms with Gasteiger partial charge in [-0.2, -0.15) is 0 Å². The molecule has 2 unspecified atom stereocenters. The minimum Gasteiger partial charge on any atom is -0.384 e. The van der Waals surface area contributed by atoms with Crippen LogP contribution in [-0.2, 0) is 0 Å². The van der Waals surface area contributed by atoms with Gasteiger partial charge in [-0.1, -0.05) is 80.4 Å². The van der Waals surface area contributed by atoms with Gasteiger partial charge in [0.1, 0.15) is 6.10 Å². The quantitative estimate of drug-likeness (QED) is 0.670. The highest BCUT2D eigenvalue weighted by atomic mass is 79.9. The third-order valence-electron chi connectivity index (χ3n) is 4.30. The molecule has 0 aliphatic heterocycles. The van der Waals surface area contributed by atoms with E-state index in [9.17, 15) is 5.11 Å². The summed E-state index contributed by atoms with van der Waals surface area (Å²) in [5, 5.41) is 10.7. The predicted octanol–water partition coefficient (Wildman–Crippen LogP) is 4.45. The molecule has 0 aromatic heterocycles. The maximum absolute atomic E-state index is 10.7. The summed E-state index contributed by atoms with van der Waals surface area (Å²) in [6.07, 6.45) is -0.518. The molecule has 1 nitrogen and oxygen atoms in total. The van der Waals surface area contributed by atoms with Crippen LogP contribution in [0.5, 0.6) is 0 Å². The molecule has 0 spiro atoms. The van der Waals surface area contributed by atoms with Crippen molar-refractivity contribution in [1.29, 1.82) is 0 Å². The average molecular weight is 380 g/mol. The van der Waals surface area contributed by atoms with E-state index in [-0.39, 0.29) is 3.23 Å². The van der Waals surface area contributed by atoms with Gasteiger partial charge in [-0.25, -0.2) is 0 Å². The SMILES string of the molecule is OC1c2ccccc2C2C(c3ccccc31)C2(Br)Br. The summed E-state index contributed by atoms with van der Waals surface area (Å²) in [7, 11) is 0. The third kappa shape index (κ3) is 1.55. The number of alkyl halides is 2. The summed E-state index contributed by atoms with van der Waals surface area (Å²) in [4.78, 5) is 0. The Morgan fingerprint density at radius 1 is 0.737 bits per heavy atom. The van der Waals surface area contributed by atoms with Crippen LogP contribution in [0.2, 0.25) is 0 Å². The fourth-order valence-corrected chi connectivity index (χ4v) is 5.13. The second-order valence-corrected chi connectivity index (χ2v) is 8.98. The van der Waals surface area contributed by atoms with Gasteiger partial charge in [0.2, 0.25) is 0 Å². The number of rotatable bonds is 0. The molecular weight excluding hydrogens is 368 g/mol. The van der Waals surface area contributed by atoms with E-state index in [1.165, 1.54) is 11.1 Å². The molecule has 0 saturated heterocycles. The van der Waals surface area contributed by atoms with Gasteiger partial charge in [-0.15, -0.1) is 0 Å². The number of hydrogen-bond donors (Lipinski definition) is 1. The monoisotopic (exact) mass is 378 g/mol. The summed E-state index contributed by atoms with van der Waals surface area (Å²) >= 11 is 7.62. The summed E-state index contributed by atoms with van der Waals surface area (Å²) in [5.74, 6) is 0.754. The molecule has 4 rings (SSSR count). The van der Waals surface area contributed by atoms with Crippen LogP contribution in [-0.4, -0.2) is 8.34 Å². The van der Waals surface area contributed by atoms with Crippen LogP contribution in [0.3, 0.4) is 0 Å². The second kappa shape index (κ2) is 3.94. The Hall–Kier alpha value is -0.640. The largest absolute Gasteiger partial charge is 0.384 e. The maximum atomic E-state index is 10.7. The van der Waals surface area contributed by atoms with Crippen molar-refractivity contribution in [2.45, 2.75) is 21.2 Å². The minimum absolute atomic E-state index is 0.0770. The van der Waals surface area contributed by atoms with Crippen LogP contribution < -0.4 is 0 Å². The van der Waals surface area contributed by atoms with Gasteiger partial charge in [0.25, 0.3) is 0 Å². The zero-order valence-corrected chi connectivity index (χ0v) is 13.2. The normalized spacial score (nSPS) is 29.7. The molecule has 2 atom stereocenters. The molecule has 0 radical (unpaired) electrons. The maximum Gasteiger partial charge on any atom is 0.105 e. The molecule has 96 valence electrons. The Morgan fingerprint density at radius 3 is 1.53 bits per heavy atom. The summed E-state index contributed by atoms with van der Waals surface area (Å²) in [5.41, 5.74) is 4.54. The Labute approximate surface area is 128 Å². The van der Waals surface area contributed by atoms with Crippen molar-refractivity contribution in [3.8, 4) is 0 Å². The highest BCUT2D eigenvalue weighted by Crippen LogP contribution is 2.74. The first-order chi connectivity index (χ1) is 9.12. The number of benzene rings is 2. The molecule has 1 saturated carbocycles. The van der Waals surface area contributed by atoms with Gasteiger partial charge in [-0.05, 0) is 22.3 Å². The fourth-order valence-electron chi connectivity index (χ4n) is 3.35. The van der Waals surface area contributed by atoms with Crippen molar-refractivity contribution in [3.63, 3.8) is 0 Å². The molecule has 3 heteroatoms. The van der Waals surface area contributed by atoms with E-state index < -0.39 is 6.10 Å². The summed E-state index contributed by atoms with van der Waals surface area (Å²) in [6.45, 7) is 0. The van der Waals surface area contributed by atoms with Crippen molar-refractivity contribution in [2.75, 3.05) is 0 Å². The number of fused-ring (bicyclic) bond motifs is 5. The predicted molar refractivity (Wildman–Crippen MR) is 83.0 cm³/mol. The standard InChI is InChI=1S/C16H12Br2O/c17-16(18)13-9-5-1-3-7-11(9)15(19)12-8-4-2-6-10(12)14(13)16/h1-8,13-15,19H. The van der Waals surface area contributed by atoms with Gasteiger partial charge in [0, 0.05) is 11.8 Å². The van der Waals surface area contributed by atoms with Crippen LogP contribution in [0.4, 0.5) is 0 Å². The van der Waals surface area contributed by atoms with Crippen LogP contribution in [0.1, 0.15) is 40.2 Å². The van der Waals surface area contributed by atoms with Gasteiger partial charge >= 0.3 is 0 Å². The first-order valence-electron chi connectivity index (χ1n) is 6.36. The van der Waals surface area contributed by atoms with Gasteiger partial charge in [0.15, 0.2) is 0 Å². The van der Waals surface area contributed by atoms with E-state index in [1.807, 2.05) is 36.4 Å². The Balaban J connectivity index is 2.02. The lowest BCUT2D eigenvalue weighted by Gasteiger charge is -2.17. The van der Waals surface area contributed by atoms with Crippen LogP contribution in [0.25, 0.3) is 0 Å². The van der Waals surface area contributed by atoms with Crippen molar-refractivity contribution < 1.29 is 5.11 Å². The number of aliphatic hydroxyl groups excluding tert-OH is 1. The van der Waals surface area contributed by atoms with Gasteiger partial charge < -0.3 is 5.11 Å². The smallest absolute Gasteiger partial charge is 0.105 e. The van der Waals surface area contributed by atoms with E-state index in [0.29, 0.717) is 11.8 Å². The van der Waals surface area contributed by atoms with Crippen LogP contribution in [0.15, 0.2) is 48.5 Å². The highest BCUT2D eigenvalue weighted by molar-refractivity contribution is 9.25. The molecular formula is C16H12Br2O. The summed E-state index contributed by atoms with van der Waals surface area (Å²) in [6, 6.07) is 16.4. The van der Waals surface area contributed by atoms with Crippen LogP contribution in [0, 0.1) is 0 Å². The van der Waals surface area contributed by atoms with Crippen molar-refractivity contribution >= 4 is 31.9 Å². The fraction of sp³-hybridized carbons (Fsp3) is 0.250.